The van der Waals surface area contributed by atoms with Gasteiger partial charge in [-0.1, -0.05) is 90.5 Å². The van der Waals surface area contributed by atoms with Crippen LogP contribution in [-0.2, 0) is 78.8 Å². The quantitative estimate of drug-likeness (QED) is 0.0891. The number of fused-ring (bicyclic) bond motifs is 4. The Bertz CT molecular complexity index is 4890. The summed E-state index contributed by atoms with van der Waals surface area (Å²) in [6.07, 6.45) is 0. The number of nitrogens with zero attached hydrogens (tertiary/aromatic N) is 12. The molecule has 0 saturated heterocycles. The number of carbonyl (C=O) groups is 4. The summed E-state index contributed by atoms with van der Waals surface area (Å²) in [4.78, 5) is 58.1. The first-order valence-corrected chi connectivity index (χ1v) is 35.4. The van der Waals surface area contributed by atoms with E-state index in [2.05, 4.69) is 20.4 Å². The topological polar surface area (TPSA) is 189 Å². The van der Waals surface area contributed by atoms with Crippen molar-refractivity contribution < 1.29 is 51.3 Å². The summed E-state index contributed by atoms with van der Waals surface area (Å²) in [5, 5.41) is 18.3. The second-order valence-corrected chi connectivity index (χ2v) is 26.6. The van der Waals surface area contributed by atoms with Gasteiger partial charge in [0.2, 0.25) is 0 Å². The molecule has 0 bridgehead atoms. The number of ether oxygens (including phenoxy) is 4. The number of hydrogen-bond donors (Lipinski definition) is 0. The zero-order chi connectivity index (χ0) is 74.3. The van der Waals surface area contributed by atoms with Crippen LogP contribution in [0, 0.1) is 45.1 Å². The maximum Gasteiger partial charge on any atom is 0.254 e. The molecule has 23 heteroatoms. The van der Waals surface area contributed by atoms with Crippen molar-refractivity contribution in [2.75, 3.05) is 26.2 Å². The number of para-hydroxylation sites is 4. The molecule has 0 saturated carbocycles. The normalized spacial score (nSPS) is 13.3. The second-order valence-electron chi connectivity index (χ2n) is 26.6. The standard InChI is InChI=1S/3C21H20FN3O2.C21H21N3O2/c2*1-15-9-16(11-17(22)10-15)21(26)24-7-8-25-19(13-24)12-18(23-25)14-27-20-5-3-2-4-6-20;1-15-11-16(7-8-20(15)22)21(26)24-9-10-25-18(13-24)12-17(23-25)14-27-19-5-3-2-4-6-19;1-16-6-5-7-17(12-16)21(25)23-10-11-24-19(14-23)13-18(22-24)15-26-20-8-3-2-4-9-20/h2*2-6,9-12H,7-8,13-14H2,1H3;2-8,11-12H,9-10,13-14H2,1H3;2-9,12-13H,10-11,14-15H2,1H3. The van der Waals surface area contributed by atoms with E-state index >= 15 is 0 Å². The molecule has 0 fully saturated rings. The summed E-state index contributed by atoms with van der Waals surface area (Å²) in [6.45, 7) is 15.6. The maximum atomic E-state index is 13.6. The highest BCUT2D eigenvalue weighted by molar-refractivity contribution is 5.96. The van der Waals surface area contributed by atoms with Crippen molar-refractivity contribution in [2.24, 2.45) is 0 Å². The Morgan fingerprint density at radius 1 is 0.308 bits per heavy atom. The van der Waals surface area contributed by atoms with E-state index in [9.17, 15) is 32.3 Å². The maximum absolute atomic E-state index is 13.6. The molecule has 8 aromatic carbocycles. The minimum atomic E-state index is -0.388. The van der Waals surface area contributed by atoms with Crippen LogP contribution in [0.5, 0.6) is 23.0 Å². The Balaban J connectivity index is 0.000000126. The van der Waals surface area contributed by atoms with Crippen LogP contribution in [0.4, 0.5) is 13.2 Å². The molecule has 4 aliphatic rings. The van der Waals surface area contributed by atoms with Crippen LogP contribution in [-0.4, -0.2) is 109 Å². The molecule has 16 rings (SSSR count). The van der Waals surface area contributed by atoms with E-state index in [1.807, 2.05) is 200 Å². The summed E-state index contributed by atoms with van der Waals surface area (Å²) in [6, 6.07) is 67.5. The monoisotopic (exact) mass is 1440 g/mol. The molecule has 4 amide bonds. The molecule has 546 valence electrons. The molecule has 4 aliphatic heterocycles. The summed E-state index contributed by atoms with van der Waals surface area (Å²) < 4.78 is 71.4. The Kier molecular flexibility index (Phi) is 23.1. The summed E-state index contributed by atoms with van der Waals surface area (Å²) in [5.41, 5.74) is 12.3. The van der Waals surface area contributed by atoms with Gasteiger partial charge in [0.05, 0.1) is 75.1 Å². The first-order valence-electron chi connectivity index (χ1n) is 35.4. The molecule has 8 heterocycles. The average Bonchev–Trinajstić information content (AvgIpc) is 1.75. The molecule has 4 aromatic heterocycles. The van der Waals surface area contributed by atoms with Gasteiger partial charge < -0.3 is 38.5 Å². The van der Waals surface area contributed by atoms with E-state index in [4.69, 9.17) is 18.9 Å². The summed E-state index contributed by atoms with van der Waals surface area (Å²) >= 11 is 0. The first kappa shape index (κ1) is 72.8. The number of carbonyl (C=O) groups excluding carboxylic acids is 4. The number of aryl methyl sites for hydroxylation is 4. The van der Waals surface area contributed by atoms with Crippen molar-refractivity contribution in [3.05, 3.63) is 332 Å². The zero-order valence-electron chi connectivity index (χ0n) is 59.9. The lowest BCUT2D eigenvalue weighted by Crippen LogP contribution is -2.38. The predicted molar refractivity (Wildman–Crippen MR) is 396 cm³/mol. The fourth-order valence-electron chi connectivity index (χ4n) is 13.0. The van der Waals surface area contributed by atoms with Gasteiger partial charge in [0.25, 0.3) is 23.6 Å². The lowest BCUT2D eigenvalue weighted by molar-refractivity contribution is 0.0698. The number of amides is 4. The number of aromatic nitrogens is 8. The van der Waals surface area contributed by atoms with Crippen molar-refractivity contribution >= 4 is 23.6 Å². The van der Waals surface area contributed by atoms with E-state index in [1.54, 1.807) is 53.7 Å². The molecule has 20 nitrogen and oxygen atoms in total. The number of rotatable bonds is 16. The van der Waals surface area contributed by atoms with E-state index in [0.717, 1.165) is 90.8 Å². The minimum Gasteiger partial charge on any atom is -0.487 e. The Hall–Kier alpha value is -12.5. The predicted octanol–water partition coefficient (Wildman–Crippen LogP) is 14.1. The van der Waals surface area contributed by atoms with Gasteiger partial charge in [0.1, 0.15) is 89.7 Å². The van der Waals surface area contributed by atoms with Gasteiger partial charge in [-0.15, -0.1) is 0 Å². The number of hydrogen-bond acceptors (Lipinski definition) is 12. The smallest absolute Gasteiger partial charge is 0.254 e. The van der Waals surface area contributed by atoms with Crippen molar-refractivity contribution in [3.8, 4) is 23.0 Å². The van der Waals surface area contributed by atoms with Gasteiger partial charge in [0.15, 0.2) is 0 Å². The van der Waals surface area contributed by atoms with Gasteiger partial charge in [-0.05, 0) is 184 Å². The van der Waals surface area contributed by atoms with Gasteiger partial charge >= 0.3 is 0 Å². The van der Waals surface area contributed by atoms with Crippen LogP contribution in [0.25, 0.3) is 0 Å². The van der Waals surface area contributed by atoms with Crippen molar-refractivity contribution in [1.29, 1.82) is 0 Å². The molecular formula is C84H81F3N12O8. The second kappa shape index (κ2) is 33.9. The van der Waals surface area contributed by atoms with Crippen molar-refractivity contribution in [1.82, 2.24) is 58.7 Å². The molecule has 0 radical (unpaired) electrons. The average molecular weight is 1440 g/mol. The van der Waals surface area contributed by atoms with Crippen LogP contribution in [0.1, 0.15) is 109 Å². The number of benzene rings is 8. The largest absolute Gasteiger partial charge is 0.487 e. The van der Waals surface area contributed by atoms with Crippen molar-refractivity contribution in [3.63, 3.8) is 0 Å². The van der Waals surface area contributed by atoms with Crippen LogP contribution in [0.2, 0.25) is 0 Å². The lowest BCUT2D eigenvalue weighted by atomic mass is 10.1. The molecule has 0 atom stereocenters. The van der Waals surface area contributed by atoms with E-state index < -0.39 is 0 Å². The van der Waals surface area contributed by atoms with Gasteiger partial charge in [-0.25, -0.2) is 13.2 Å². The summed E-state index contributed by atoms with van der Waals surface area (Å²) in [7, 11) is 0. The third kappa shape index (κ3) is 19.1. The van der Waals surface area contributed by atoms with Gasteiger partial charge in [0, 0.05) is 48.4 Å². The van der Waals surface area contributed by atoms with Gasteiger partial charge in [-0.3, -0.25) is 37.9 Å². The third-order valence-electron chi connectivity index (χ3n) is 18.3. The Morgan fingerprint density at radius 2 is 0.607 bits per heavy atom. The Morgan fingerprint density at radius 3 is 0.907 bits per heavy atom. The van der Waals surface area contributed by atoms with Crippen LogP contribution in [0.15, 0.2) is 224 Å². The Labute approximate surface area is 618 Å². The molecule has 0 aliphatic carbocycles. The zero-order valence-corrected chi connectivity index (χ0v) is 59.9. The summed E-state index contributed by atoms with van der Waals surface area (Å²) in [5.74, 6) is 1.80. The van der Waals surface area contributed by atoms with Crippen LogP contribution >= 0.6 is 0 Å². The number of halogens is 3. The van der Waals surface area contributed by atoms with Crippen LogP contribution in [0.3, 0.4) is 0 Å². The molecule has 0 spiro atoms. The fraction of sp³-hybridized carbons (Fsp3) is 0.238. The molecular weight excluding hydrogens is 1360 g/mol. The SMILES string of the molecule is Cc1cc(C(=O)N2CCn3nc(COc4ccccc4)cc3C2)ccc1F.Cc1cc(F)cc(C(=O)N2CCn3nc(COc4ccccc4)cc3C2)c1.Cc1cc(F)cc(C(=O)N2CCn3nc(COc4ccccc4)cc3C2)c1.Cc1cccc(C(=O)N2CCn3nc(COc4ccccc4)cc3C2)c1. The molecule has 0 unspecified atom stereocenters. The highest BCUT2D eigenvalue weighted by atomic mass is 19.1. The van der Waals surface area contributed by atoms with Gasteiger partial charge in [-0.2, -0.15) is 20.4 Å². The molecule has 12 aromatic rings. The van der Waals surface area contributed by atoms with E-state index in [-0.39, 0.29) is 41.1 Å². The fourth-order valence-corrected chi connectivity index (χ4v) is 13.0. The third-order valence-corrected chi connectivity index (χ3v) is 18.3. The molecule has 0 N–H and O–H groups in total. The highest BCUT2D eigenvalue weighted by Crippen LogP contribution is 2.26. The van der Waals surface area contributed by atoms with E-state index in [0.29, 0.717) is 127 Å². The van der Waals surface area contributed by atoms with Crippen molar-refractivity contribution in [2.45, 2.75) is 106 Å². The highest BCUT2D eigenvalue weighted by Gasteiger charge is 2.29. The van der Waals surface area contributed by atoms with E-state index in [1.165, 1.54) is 36.4 Å². The molecule has 107 heavy (non-hydrogen) atoms. The lowest BCUT2D eigenvalue weighted by Gasteiger charge is -2.27. The minimum absolute atomic E-state index is 0.0724. The van der Waals surface area contributed by atoms with Crippen LogP contribution < -0.4 is 18.9 Å². The first-order chi connectivity index (χ1) is 51.9.